The Labute approximate surface area is 157 Å². The second-order valence-corrected chi connectivity index (χ2v) is 6.71. The van der Waals surface area contributed by atoms with Crippen molar-refractivity contribution >= 4 is 0 Å². The van der Waals surface area contributed by atoms with E-state index < -0.39 is 0 Å². The van der Waals surface area contributed by atoms with Crippen molar-refractivity contribution in [1.29, 1.82) is 0 Å². The summed E-state index contributed by atoms with van der Waals surface area (Å²) < 4.78 is 34.1. The normalized spacial score (nSPS) is 32.0. The van der Waals surface area contributed by atoms with Crippen LogP contribution < -0.4 is 0 Å². The van der Waals surface area contributed by atoms with Gasteiger partial charge < -0.3 is 28.4 Å². The van der Waals surface area contributed by atoms with Crippen LogP contribution in [0.25, 0.3) is 0 Å². The minimum Gasteiger partial charge on any atom is -0.369 e. The summed E-state index contributed by atoms with van der Waals surface area (Å²) in [6.07, 6.45) is 12.1. The highest BCUT2D eigenvalue weighted by Crippen LogP contribution is 2.34. The standard InChI is InChI=1S/C20H34O6/c1-5-7-15(23-13-21-3)17-9-11-19(25-17)20-12-10-18(26-20)16(8-6-2)24-14-22-4/h5-8,15-20H,9-14H2,1-4H3/b7-5+,8-6+/t15-,16-,17-,18-,19+,20+/m0/s1. The third kappa shape index (κ3) is 6.15. The van der Waals surface area contributed by atoms with Crippen LogP contribution in [0.2, 0.25) is 0 Å². The van der Waals surface area contributed by atoms with Crippen LogP contribution in [-0.2, 0) is 28.4 Å². The Morgan fingerprint density at radius 3 is 1.54 bits per heavy atom. The van der Waals surface area contributed by atoms with Gasteiger partial charge in [0.15, 0.2) is 0 Å². The lowest BCUT2D eigenvalue weighted by molar-refractivity contribution is -0.141. The van der Waals surface area contributed by atoms with Gasteiger partial charge in [-0.25, -0.2) is 0 Å². The third-order valence-corrected chi connectivity index (χ3v) is 4.84. The molecule has 26 heavy (non-hydrogen) atoms. The minimum atomic E-state index is -0.0806. The SMILES string of the molecule is C/C=C/[C@H](OCOC)[C@@H]1CC[C@H]([C@H]2CC[C@@H]([C@H](/C=C/C)OCOC)O2)O1. The van der Waals surface area contributed by atoms with Crippen molar-refractivity contribution in [1.82, 2.24) is 0 Å². The summed E-state index contributed by atoms with van der Waals surface area (Å²) in [6, 6.07) is 0. The lowest BCUT2D eigenvalue weighted by Crippen LogP contribution is -2.34. The molecule has 6 heteroatoms. The number of hydrogen-bond acceptors (Lipinski definition) is 6. The molecule has 6 atom stereocenters. The quantitative estimate of drug-likeness (QED) is 0.411. The molecular weight excluding hydrogens is 336 g/mol. The van der Waals surface area contributed by atoms with E-state index in [2.05, 4.69) is 0 Å². The van der Waals surface area contributed by atoms with E-state index in [9.17, 15) is 0 Å². The molecule has 0 radical (unpaired) electrons. The van der Waals surface area contributed by atoms with E-state index >= 15 is 0 Å². The highest BCUT2D eigenvalue weighted by Gasteiger charge is 2.41. The summed E-state index contributed by atoms with van der Waals surface area (Å²) in [5.74, 6) is 0. The Morgan fingerprint density at radius 2 is 1.19 bits per heavy atom. The van der Waals surface area contributed by atoms with E-state index in [1.807, 2.05) is 38.2 Å². The van der Waals surface area contributed by atoms with Gasteiger partial charge in [0.25, 0.3) is 0 Å². The molecule has 0 aromatic rings. The van der Waals surface area contributed by atoms with E-state index in [0.717, 1.165) is 25.7 Å². The molecule has 2 fully saturated rings. The first kappa shape index (κ1) is 21.5. The molecule has 0 amide bonds. The molecule has 0 saturated carbocycles. The topological polar surface area (TPSA) is 55.4 Å². The van der Waals surface area contributed by atoms with E-state index in [0.29, 0.717) is 0 Å². The predicted octanol–water partition coefficient (Wildman–Crippen LogP) is 3.21. The van der Waals surface area contributed by atoms with Gasteiger partial charge in [0, 0.05) is 14.2 Å². The maximum Gasteiger partial charge on any atom is 0.147 e. The van der Waals surface area contributed by atoms with Crippen LogP contribution in [-0.4, -0.2) is 64.4 Å². The van der Waals surface area contributed by atoms with Crippen molar-refractivity contribution in [3.63, 3.8) is 0 Å². The van der Waals surface area contributed by atoms with E-state index in [1.165, 1.54) is 0 Å². The average molecular weight is 370 g/mol. The van der Waals surface area contributed by atoms with Gasteiger partial charge in [-0.2, -0.15) is 0 Å². The van der Waals surface area contributed by atoms with Crippen LogP contribution in [0.15, 0.2) is 24.3 Å². The molecule has 2 heterocycles. The van der Waals surface area contributed by atoms with Gasteiger partial charge in [-0.05, 0) is 39.5 Å². The van der Waals surface area contributed by atoms with Crippen LogP contribution >= 0.6 is 0 Å². The number of ether oxygens (including phenoxy) is 6. The Morgan fingerprint density at radius 1 is 0.769 bits per heavy atom. The lowest BCUT2D eigenvalue weighted by Gasteiger charge is -2.25. The molecular formula is C20H34O6. The van der Waals surface area contributed by atoms with E-state index in [4.69, 9.17) is 28.4 Å². The second kappa shape index (κ2) is 11.8. The molecule has 2 aliphatic heterocycles. The Kier molecular flexibility index (Phi) is 9.82. The number of allylic oxidation sites excluding steroid dienone is 2. The summed E-state index contributed by atoms with van der Waals surface area (Å²) in [4.78, 5) is 0. The summed E-state index contributed by atoms with van der Waals surface area (Å²) in [7, 11) is 3.26. The van der Waals surface area contributed by atoms with Gasteiger partial charge in [-0.3, -0.25) is 0 Å². The minimum absolute atomic E-state index is 0.0464. The molecule has 2 saturated heterocycles. The van der Waals surface area contributed by atoms with Crippen molar-refractivity contribution in [2.75, 3.05) is 27.8 Å². The van der Waals surface area contributed by atoms with Crippen LogP contribution in [0.1, 0.15) is 39.5 Å². The summed E-state index contributed by atoms with van der Waals surface area (Å²) in [5, 5.41) is 0. The molecule has 0 unspecified atom stereocenters. The molecule has 0 aliphatic carbocycles. The maximum absolute atomic E-state index is 6.29. The lowest BCUT2D eigenvalue weighted by atomic mass is 10.0. The maximum atomic E-state index is 6.29. The van der Waals surface area contributed by atoms with Gasteiger partial charge >= 0.3 is 0 Å². The van der Waals surface area contributed by atoms with Crippen LogP contribution in [0.4, 0.5) is 0 Å². The zero-order valence-electron chi connectivity index (χ0n) is 16.5. The molecule has 150 valence electrons. The van der Waals surface area contributed by atoms with E-state index in [1.54, 1.807) is 14.2 Å². The molecule has 0 spiro atoms. The first-order chi connectivity index (χ1) is 12.7. The van der Waals surface area contributed by atoms with Gasteiger partial charge in [0.1, 0.15) is 25.8 Å². The van der Waals surface area contributed by atoms with E-state index in [-0.39, 0.29) is 50.2 Å². The Balaban J connectivity index is 1.86. The van der Waals surface area contributed by atoms with Crippen LogP contribution in [0, 0.1) is 0 Å². The highest BCUT2D eigenvalue weighted by molar-refractivity contribution is 4.99. The number of methoxy groups -OCH3 is 2. The Hall–Kier alpha value is -0.760. The fourth-order valence-corrected chi connectivity index (χ4v) is 3.65. The van der Waals surface area contributed by atoms with Gasteiger partial charge in [-0.15, -0.1) is 0 Å². The van der Waals surface area contributed by atoms with Crippen LogP contribution in [0.3, 0.4) is 0 Å². The van der Waals surface area contributed by atoms with Crippen molar-refractivity contribution in [2.45, 2.75) is 76.2 Å². The molecule has 0 bridgehead atoms. The molecule has 6 nitrogen and oxygen atoms in total. The molecule has 2 aliphatic rings. The van der Waals surface area contributed by atoms with Crippen molar-refractivity contribution < 1.29 is 28.4 Å². The van der Waals surface area contributed by atoms with Crippen molar-refractivity contribution in [2.24, 2.45) is 0 Å². The smallest absolute Gasteiger partial charge is 0.147 e. The fraction of sp³-hybridized carbons (Fsp3) is 0.800. The third-order valence-electron chi connectivity index (χ3n) is 4.84. The van der Waals surface area contributed by atoms with Gasteiger partial charge in [0.05, 0.1) is 24.4 Å². The highest BCUT2D eigenvalue weighted by atomic mass is 16.7. The van der Waals surface area contributed by atoms with Crippen LogP contribution in [0.5, 0.6) is 0 Å². The number of hydrogen-bond donors (Lipinski definition) is 0. The molecule has 2 rings (SSSR count). The van der Waals surface area contributed by atoms with Gasteiger partial charge in [-0.1, -0.05) is 24.3 Å². The summed E-state index contributed by atoms with van der Waals surface area (Å²) in [6.45, 7) is 4.51. The monoisotopic (exact) mass is 370 g/mol. The van der Waals surface area contributed by atoms with Crippen molar-refractivity contribution in [3.8, 4) is 0 Å². The molecule has 0 aromatic heterocycles. The fourth-order valence-electron chi connectivity index (χ4n) is 3.65. The second-order valence-electron chi connectivity index (χ2n) is 6.71. The zero-order chi connectivity index (χ0) is 18.8. The van der Waals surface area contributed by atoms with Crippen molar-refractivity contribution in [3.05, 3.63) is 24.3 Å². The Bertz CT molecular complexity index is 398. The molecule has 0 aromatic carbocycles. The number of rotatable bonds is 11. The zero-order valence-corrected chi connectivity index (χ0v) is 16.5. The molecule has 0 N–H and O–H groups in total. The first-order valence-electron chi connectivity index (χ1n) is 9.51. The summed E-state index contributed by atoms with van der Waals surface area (Å²) >= 11 is 0. The average Bonchev–Trinajstić information content (AvgIpc) is 3.31. The summed E-state index contributed by atoms with van der Waals surface area (Å²) in [5.41, 5.74) is 0. The largest absolute Gasteiger partial charge is 0.369 e. The van der Waals surface area contributed by atoms with Gasteiger partial charge in [0.2, 0.25) is 0 Å². The predicted molar refractivity (Wildman–Crippen MR) is 98.9 cm³/mol. The first-order valence-corrected chi connectivity index (χ1v) is 9.51.